The third-order valence-electron chi connectivity index (χ3n) is 5.93. The van der Waals surface area contributed by atoms with Crippen molar-refractivity contribution in [1.29, 1.82) is 0 Å². The minimum Gasteiger partial charge on any atom is -0.340 e. The predicted molar refractivity (Wildman–Crippen MR) is 83.9 cm³/mol. The van der Waals surface area contributed by atoms with Crippen LogP contribution < -0.4 is 5.32 Å². The highest BCUT2D eigenvalue weighted by Crippen LogP contribution is 2.40. The van der Waals surface area contributed by atoms with Gasteiger partial charge in [-0.15, -0.1) is 0 Å². The highest BCUT2D eigenvalue weighted by molar-refractivity contribution is 6.00. The van der Waals surface area contributed by atoms with E-state index in [0.29, 0.717) is 6.42 Å². The van der Waals surface area contributed by atoms with Gasteiger partial charge in [-0.05, 0) is 38.5 Å². The van der Waals surface area contributed by atoms with Crippen molar-refractivity contribution in [2.45, 2.75) is 96.2 Å². The number of hydrogen-bond donors (Lipinski definition) is 1. The van der Waals surface area contributed by atoms with Gasteiger partial charge in [0.25, 0.3) is 0 Å². The average Bonchev–Trinajstić information content (AvgIpc) is 2.96. The maximum atomic E-state index is 13.3. The van der Waals surface area contributed by atoms with Crippen LogP contribution in [0.2, 0.25) is 0 Å². The molecule has 1 spiro atoms. The SMILES string of the molecule is CCC1C(=O)NC2(CCCC2)C(=O)N1C(CC)(CC)CC. The maximum absolute atomic E-state index is 13.3. The summed E-state index contributed by atoms with van der Waals surface area (Å²) in [5.41, 5.74) is -0.779. The van der Waals surface area contributed by atoms with E-state index < -0.39 is 5.54 Å². The minimum absolute atomic E-state index is 0.0544. The van der Waals surface area contributed by atoms with Crippen molar-refractivity contribution in [1.82, 2.24) is 10.2 Å². The second-order valence-electron chi connectivity index (χ2n) is 6.66. The van der Waals surface area contributed by atoms with Crippen molar-refractivity contribution >= 4 is 11.8 Å². The van der Waals surface area contributed by atoms with Crippen molar-refractivity contribution in [3.05, 3.63) is 0 Å². The first-order valence-electron chi connectivity index (χ1n) is 8.66. The first-order chi connectivity index (χ1) is 10.00. The van der Waals surface area contributed by atoms with Crippen molar-refractivity contribution in [3.8, 4) is 0 Å². The van der Waals surface area contributed by atoms with Crippen LogP contribution in [0.5, 0.6) is 0 Å². The van der Waals surface area contributed by atoms with Crippen LogP contribution in [0.1, 0.15) is 79.1 Å². The molecule has 21 heavy (non-hydrogen) atoms. The van der Waals surface area contributed by atoms with E-state index in [9.17, 15) is 9.59 Å². The van der Waals surface area contributed by atoms with Crippen LogP contribution >= 0.6 is 0 Å². The summed E-state index contributed by atoms with van der Waals surface area (Å²) in [6.07, 6.45) is 7.09. The first-order valence-corrected chi connectivity index (χ1v) is 8.66. The van der Waals surface area contributed by atoms with Gasteiger partial charge in [-0.2, -0.15) is 0 Å². The van der Waals surface area contributed by atoms with E-state index in [1.54, 1.807) is 0 Å². The van der Waals surface area contributed by atoms with Crippen LogP contribution in [0.25, 0.3) is 0 Å². The van der Waals surface area contributed by atoms with Gasteiger partial charge in [-0.3, -0.25) is 9.59 Å². The Morgan fingerprint density at radius 1 is 1.10 bits per heavy atom. The standard InChI is InChI=1S/C17H30N2O2/c1-5-13-14(20)18-17(11-9-10-12-17)15(21)19(13)16(6-2,7-3)8-4/h13H,5-12H2,1-4H3,(H,18,20). The Hall–Kier alpha value is -1.06. The zero-order chi connectivity index (χ0) is 15.7. The van der Waals surface area contributed by atoms with Crippen molar-refractivity contribution < 1.29 is 9.59 Å². The topological polar surface area (TPSA) is 49.4 Å². The number of hydrogen-bond acceptors (Lipinski definition) is 2. The Bertz CT molecular complexity index is 401. The fourth-order valence-corrected chi connectivity index (χ4v) is 4.35. The van der Waals surface area contributed by atoms with E-state index in [-0.39, 0.29) is 23.4 Å². The Kier molecular flexibility index (Phi) is 4.64. The molecular weight excluding hydrogens is 264 g/mol. The molecule has 0 aromatic rings. The van der Waals surface area contributed by atoms with Crippen LogP contribution in [0.3, 0.4) is 0 Å². The van der Waals surface area contributed by atoms with Gasteiger partial charge in [-0.1, -0.05) is 40.5 Å². The molecule has 1 atom stereocenters. The molecule has 2 amide bonds. The van der Waals surface area contributed by atoms with Crippen LogP contribution in [-0.2, 0) is 9.59 Å². The second kappa shape index (κ2) is 5.98. The van der Waals surface area contributed by atoms with Gasteiger partial charge in [-0.25, -0.2) is 0 Å². The summed E-state index contributed by atoms with van der Waals surface area (Å²) in [6, 6.07) is -0.302. The number of rotatable bonds is 5. The lowest BCUT2D eigenvalue weighted by atomic mass is 9.80. The summed E-state index contributed by atoms with van der Waals surface area (Å²) >= 11 is 0. The molecule has 4 nitrogen and oxygen atoms in total. The summed E-state index contributed by atoms with van der Waals surface area (Å²) in [5.74, 6) is 0.232. The zero-order valence-electron chi connectivity index (χ0n) is 14.0. The summed E-state index contributed by atoms with van der Waals surface area (Å²) in [7, 11) is 0. The van der Waals surface area contributed by atoms with Gasteiger partial charge in [0.05, 0.1) is 0 Å². The fraction of sp³-hybridized carbons (Fsp3) is 0.882. The molecule has 2 fully saturated rings. The molecule has 2 aliphatic rings. The Morgan fingerprint density at radius 2 is 1.62 bits per heavy atom. The molecular formula is C17H30N2O2. The summed E-state index contributed by atoms with van der Waals surface area (Å²) < 4.78 is 0. The van der Waals surface area contributed by atoms with Crippen molar-refractivity contribution in [3.63, 3.8) is 0 Å². The van der Waals surface area contributed by atoms with E-state index in [0.717, 1.165) is 44.9 Å². The Balaban J connectivity index is 2.46. The molecule has 0 radical (unpaired) electrons. The number of nitrogens with one attached hydrogen (secondary N) is 1. The second-order valence-corrected chi connectivity index (χ2v) is 6.66. The summed E-state index contributed by atoms with van der Waals surface area (Å²) in [4.78, 5) is 27.9. The number of carbonyl (C=O) groups is 2. The lowest BCUT2D eigenvalue weighted by molar-refractivity contribution is -0.164. The molecule has 1 heterocycles. The minimum atomic E-state index is -0.604. The highest BCUT2D eigenvalue weighted by atomic mass is 16.2. The largest absolute Gasteiger partial charge is 0.340 e. The van der Waals surface area contributed by atoms with Crippen LogP contribution in [-0.4, -0.2) is 33.8 Å². The molecule has 1 aliphatic heterocycles. The van der Waals surface area contributed by atoms with Gasteiger partial charge in [0.1, 0.15) is 11.6 Å². The Labute approximate surface area is 128 Å². The molecule has 1 N–H and O–H groups in total. The monoisotopic (exact) mass is 294 g/mol. The number of carbonyl (C=O) groups excluding carboxylic acids is 2. The van der Waals surface area contributed by atoms with Crippen LogP contribution in [0.15, 0.2) is 0 Å². The molecule has 1 saturated carbocycles. The number of piperazine rings is 1. The Morgan fingerprint density at radius 3 is 2.05 bits per heavy atom. The van der Waals surface area contributed by atoms with Crippen LogP contribution in [0.4, 0.5) is 0 Å². The summed E-state index contributed by atoms with van der Waals surface area (Å²) in [6.45, 7) is 8.42. The summed E-state index contributed by atoms with van der Waals surface area (Å²) in [5, 5.41) is 3.09. The van der Waals surface area contributed by atoms with E-state index in [2.05, 4.69) is 26.1 Å². The lowest BCUT2D eigenvalue weighted by Crippen LogP contribution is -2.73. The lowest BCUT2D eigenvalue weighted by Gasteiger charge is -2.53. The number of amides is 2. The van der Waals surface area contributed by atoms with E-state index in [1.165, 1.54) is 0 Å². The third-order valence-corrected chi connectivity index (χ3v) is 5.93. The number of nitrogens with zero attached hydrogens (tertiary/aromatic N) is 1. The van der Waals surface area contributed by atoms with Gasteiger partial charge >= 0.3 is 0 Å². The molecule has 1 aliphatic carbocycles. The van der Waals surface area contributed by atoms with Gasteiger partial charge < -0.3 is 10.2 Å². The van der Waals surface area contributed by atoms with E-state index in [1.807, 2.05) is 11.8 Å². The predicted octanol–water partition coefficient (Wildman–Crippen LogP) is 3.01. The van der Waals surface area contributed by atoms with E-state index in [4.69, 9.17) is 0 Å². The molecule has 2 rings (SSSR count). The molecule has 0 aromatic heterocycles. The van der Waals surface area contributed by atoms with Gasteiger partial charge in [0.2, 0.25) is 11.8 Å². The van der Waals surface area contributed by atoms with Crippen molar-refractivity contribution in [2.75, 3.05) is 0 Å². The highest BCUT2D eigenvalue weighted by Gasteiger charge is 2.55. The van der Waals surface area contributed by atoms with Crippen molar-refractivity contribution in [2.24, 2.45) is 0 Å². The van der Waals surface area contributed by atoms with E-state index >= 15 is 0 Å². The average molecular weight is 294 g/mol. The third kappa shape index (κ3) is 2.36. The molecule has 0 aromatic carbocycles. The zero-order valence-corrected chi connectivity index (χ0v) is 14.0. The molecule has 120 valence electrons. The first kappa shape index (κ1) is 16.3. The molecule has 1 unspecified atom stereocenters. The van der Waals surface area contributed by atoms with Crippen LogP contribution in [0, 0.1) is 0 Å². The molecule has 1 saturated heterocycles. The molecule has 0 bridgehead atoms. The smallest absolute Gasteiger partial charge is 0.249 e. The molecule has 4 heteroatoms. The van der Waals surface area contributed by atoms with Gasteiger partial charge in [0, 0.05) is 5.54 Å². The van der Waals surface area contributed by atoms with Gasteiger partial charge in [0.15, 0.2) is 0 Å². The fourth-order valence-electron chi connectivity index (χ4n) is 4.35. The quantitative estimate of drug-likeness (QED) is 0.847. The maximum Gasteiger partial charge on any atom is 0.249 e. The normalized spacial score (nSPS) is 25.5.